The molecule has 0 spiro atoms. The van der Waals surface area contributed by atoms with Gasteiger partial charge in [0.2, 0.25) is 0 Å². The zero-order chi connectivity index (χ0) is 22.4. The van der Waals surface area contributed by atoms with Gasteiger partial charge in [-0.1, -0.05) is 6.07 Å². The Balaban J connectivity index is 1.98. The number of aliphatic hydroxyl groups is 1. The van der Waals surface area contributed by atoms with Crippen molar-refractivity contribution in [3.63, 3.8) is 0 Å². The molecule has 2 heterocycles. The summed E-state index contributed by atoms with van der Waals surface area (Å²) in [5.74, 6) is -0.0409. The van der Waals surface area contributed by atoms with Gasteiger partial charge in [-0.3, -0.25) is 9.89 Å². The number of benzene rings is 2. The second-order valence-electron chi connectivity index (χ2n) is 7.52. The summed E-state index contributed by atoms with van der Waals surface area (Å²) in [5, 5.41) is 37.7. The minimum Gasteiger partial charge on any atom is -0.507 e. The van der Waals surface area contributed by atoms with Gasteiger partial charge in [0.25, 0.3) is 5.91 Å². The lowest BCUT2D eigenvalue weighted by Crippen LogP contribution is -2.32. The number of aliphatic hydroxyl groups excluding tert-OH is 1. The molecule has 9 heteroatoms. The molecule has 0 bridgehead atoms. The maximum absolute atomic E-state index is 13.1. The Bertz CT molecular complexity index is 1170. The normalized spacial score (nSPS) is 15.5. The molecule has 0 radical (unpaired) electrons. The van der Waals surface area contributed by atoms with Gasteiger partial charge in [0, 0.05) is 17.7 Å². The summed E-state index contributed by atoms with van der Waals surface area (Å²) in [7, 11) is 1.44. The van der Waals surface area contributed by atoms with Crippen LogP contribution in [0.3, 0.4) is 0 Å². The van der Waals surface area contributed by atoms with E-state index in [1.165, 1.54) is 12.0 Å². The Labute approximate surface area is 187 Å². The van der Waals surface area contributed by atoms with Gasteiger partial charge in [0.05, 0.1) is 24.2 Å². The Kier molecular flexibility index (Phi) is 5.40. The molecule has 4 rings (SSSR count). The number of fused-ring (bicyclic) bond motifs is 1. The van der Waals surface area contributed by atoms with Crippen LogP contribution in [0.4, 0.5) is 0 Å². The first kappa shape index (κ1) is 21.2. The largest absolute Gasteiger partial charge is 0.507 e. The zero-order valence-corrected chi connectivity index (χ0v) is 18.8. The number of hydrogen-bond acceptors (Lipinski definition) is 6. The van der Waals surface area contributed by atoms with Crippen molar-refractivity contribution in [2.75, 3.05) is 20.3 Å². The molecule has 3 aromatic rings. The third-order valence-corrected chi connectivity index (χ3v) is 6.09. The van der Waals surface area contributed by atoms with Crippen LogP contribution in [0.2, 0.25) is 0 Å². The number of β-amino-alcohol motifs (C(OH)–C–C–N with tert-alkyl or cyclic N) is 1. The first-order valence-electron chi connectivity index (χ1n) is 9.65. The van der Waals surface area contributed by atoms with E-state index in [9.17, 15) is 20.1 Å². The Morgan fingerprint density at radius 2 is 1.97 bits per heavy atom. The molecule has 1 amide bonds. The van der Waals surface area contributed by atoms with Gasteiger partial charge in [-0.05, 0) is 64.7 Å². The predicted octanol–water partition coefficient (Wildman–Crippen LogP) is 3.41. The van der Waals surface area contributed by atoms with Gasteiger partial charge >= 0.3 is 0 Å². The van der Waals surface area contributed by atoms with Gasteiger partial charge < -0.3 is 25.0 Å². The molecule has 1 aromatic heterocycles. The molecule has 31 heavy (non-hydrogen) atoms. The highest BCUT2D eigenvalue weighted by atomic mass is 79.9. The van der Waals surface area contributed by atoms with Crippen molar-refractivity contribution in [1.29, 1.82) is 0 Å². The second-order valence-corrected chi connectivity index (χ2v) is 8.37. The number of aryl methyl sites for hydroxylation is 2. The summed E-state index contributed by atoms with van der Waals surface area (Å²) >= 11 is 3.34. The molecule has 2 aromatic carbocycles. The smallest absolute Gasteiger partial charge is 0.273 e. The number of nitrogens with one attached hydrogen (secondary N) is 1. The number of rotatable bonds is 5. The van der Waals surface area contributed by atoms with E-state index in [2.05, 4.69) is 26.1 Å². The molecule has 0 fully saturated rings. The first-order chi connectivity index (χ1) is 14.8. The van der Waals surface area contributed by atoms with Crippen molar-refractivity contribution in [3.8, 4) is 28.5 Å². The summed E-state index contributed by atoms with van der Waals surface area (Å²) in [5.41, 5.74) is 4.30. The maximum atomic E-state index is 13.1. The molecular weight excluding hydrogens is 466 g/mol. The van der Waals surface area contributed by atoms with Crippen LogP contribution in [0.25, 0.3) is 11.3 Å². The fraction of sp³-hybridized carbons (Fsp3) is 0.273. The Hall–Kier alpha value is -3.04. The lowest BCUT2D eigenvalue weighted by atomic mass is 9.93. The minimum atomic E-state index is -0.602. The van der Waals surface area contributed by atoms with Gasteiger partial charge in [-0.2, -0.15) is 5.10 Å². The summed E-state index contributed by atoms with van der Waals surface area (Å²) < 4.78 is 5.70. The number of aromatic nitrogens is 2. The number of hydrogen-bond donors (Lipinski definition) is 4. The molecule has 1 atom stereocenters. The van der Waals surface area contributed by atoms with E-state index in [1.54, 1.807) is 18.2 Å². The van der Waals surface area contributed by atoms with E-state index in [0.29, 0.717) is 32.6 Å². The lowest BCUT2D eigenvalue weighted by molar-refractivity contribution is 0.0706. The molecule has 1 aliphatic rings. The topological polar surface area (TPSA) is 119 Å². The number of nitrogens with zero attached hydrogens (tertiary/aromatic N) is 2. The van der Waals surface area contributed by atoms with Crippen molar-refractivity contribution in [1.82, 2.24) is 15.1 Å². The third-order valence-electron chi connectivity index (χ3n) is 5.49. The number of halogens is 1. The number of aromatic hydroxyl groups is 2. The van der Waals surface area contributed by atoms with Crippen molar-refractivity contribution in [2.45, 2.75) is 19.9 Å². The maximum Gasteiger partial charge on any atom is 0.273 e. The average molecular weight is 488 g/mol. The van der Waals surface area contributed by atoms with Crippen LogP contribution in [-0.4, -0.2) is 56.6 Å². The molecule has 0 saturated carbocycles. The van der Waals surface area contributed by atoms with Gasteiger partial charge in [-0.15, -0.1) is 0 Å². The van der Waals surface area contributed by atoms with Gasteiger partial charge in [0.15, 0.2) is 11.5 Å². The number of H-pyrrole nitrogens is 1. The highest BCUT2D eigenvalue weighted by Crippen LogP contribution is 2.47. The fourth-order valence-electron chi connectivity index (χ4n) is 4.23. The number of aromatic amines is 1. The van der Waals surface area contributed by atoms with Crippen LogP contribution in [0.1, 0.15) is 38.8 Å². The van der Waals surface area contributed by atoms with E-state index in [0.717, 1.165) is 11.1 Å². The standard InChI is InChI=1S/C22H22BrN3O5/c1-10-6-11(2)16(14(28)7-10)18-17-19(25-24-18)22(30)26(4-5-27)20(17)12-8-13(23)21(29)15(9-12)31-3/h6-9,20,27-29H,4-5H2,1-3H3,(H,24,25). The average Bonchev–Trinajstić information content (AvgIpc) is 3.23. The Morgan fingerprint density at radius 3 is 2.61 bits per heavy atom. The van der Waals surface area contributed by atoms with Crippen LogP contribution in [0, 0.1) is 13.8 Å². The first-order valence-corrected chi connectivity index (χ1v) is 10.4. The number of carbonyl (C=O) groups is 1. The Morgan fingerprint density at radius 1 is 1.23 bits per heavy atom. The van der Waals surface area contributed by atoms with E-state index in [-0.39, 0.29) is 36.3 Å². The number of ether oxygens (including phenoxy) is 1. The summed E-state index contributed by atoms with van der Waals surface area (Å²) in [6.07, 6.45) is 0. The van der Waals surface area contributed by atoms with Crippen LogP contribution < -0.4 is 4.74 Å². The zero-order valence-electron chi connectivity index (χ0n) is 17.2. The number of methoxy groups -OCH3 is 1. The van der Waals surface area contributed by atoms with Crippen molar-refractivity contribution in [3.05, 3.63) is 56.7 Å². The fourth-order valence-corrected chi connectivity index (χ4v) is 4.69. The lowest BCUT2D eigenvalue weighted by Gasteiger charge is -2.26. The molecule has 0 aliphatic carbocycles. The number of phenolic OH excluding ortho intramolecular Hbond substituents is 2. The van der Waals surface area contributed by atoms with Gasteiger partial charge in [0.1, 0.15) is 17.1 Å². The molecule has 1 aliphatic heterocycles. The molecule has 162 valence electrons. The molecule has 8 nitrogen and oxygen atoms in total. The molecule has 1 unspecified atom stereocenters. The monoisotopic (exact) mass is 487 g/mol. The third kappa shape index (κ3) is 3.34. The van der Waals surface area contributed by atoms with Gasteiger partial charge in [-0.25, -0.2) is 0 Å². The number of phenols is 2. The van der Waals surface area contributed by atoms with Crippen LogP contribution >= 0.6 is 15.9 Å². The number of amides is 1. The number of carbonyl (C=O) groups excluding carboxylic acids is 1. The van der Waals surface area contributed by atoms with Crippen molar-refractivity contribution >= 4 is 21.8 Å². The van der Waals surface area contributed by atoms with E-state index >= 15 is 0 Å². The summed E-state index contributed by atoms with van der Waals surface area (Å²) in [4.78, 5) is 14.7. The minimum absolute atomic E-state index is 0.0519. The van der Waals surface area contributed by atoms with E-state index in [1.807, 2.05) is 19.9 Å². The van der Waals surface area contributed by atoms with Crippen molar-refractivity contribution in [2.24, 2.45) is 0 Å². The summed E-state index contributed by atoms with van der Waals surface area (Å²) in [6, 6.07) is 6.34. The summed E-state index contributed by atoms with van der Waals surface area (Å²) in [6.45, 7) is 3.65. The van der Waals surface area contributed by atoms with E-state index < -0.39 is 6.04 Å². The SMILES string of the molecule is COc1cc(C2c3c(-c4c(C)cc(C)cc4O)n[nH]c3C(=O)N2CCO)cc(Br)c1O. The molecule has 0 saturated heterocycles. The highest BCUT2D eigenvalue weighted by molar-refractivity contribution is 9.10. The molecule has 4 N–H and O–H groups in total. The predicted molar refractivity (Wildman–Crippen MR) is 117 cm³/mol. The quantitative estimate of drug-likeness (QED) is 0.437. The van der Waals surface area contributed by atoms with Crippen LogP contribution in [0.15, 0.2) is 28.7 Å². The van der Waals surface area contributed by atoms with Crippen LogP contribution in [-0.2, 0) is 0 Å². The van der Waals surface area contributed by atoms with E-state index in [4.69, 9.17) is 4.74 Å². The molecular formula is C22H22BrN3O5. The highest BCUT2D eigenvalue weighted by Gasteiger charge is 2.43. The van der Waals surface area contributed by atoms with Crippen LogP contribution in [0.5, 0.6) is 17.2 Å². The second kappa shape index (κ2) is 7.90. The van der Waals surface area contributed by atoms with Crippen molar-refractivity contribution < 1.29 is 24.9 Å².